The molecule has 2 N–H and O–H groups in total. The first kappa shape index (κ1) is 27.8. The van der Waals surface area contributed by atoms with Crippen LogP contribution in [-0.2, 0) is 5.41 Å². The van der Waals surface area contributed by atoms with Crippen molar-refractivity contribution in [3.8, 4) is 0 Å². The molecule has 1 unspecified atom stereocenters. The number of carbonyl (C=O) groups is 2. The summed E-state index contributed by atoms with van der Waals surface area (Å²) in [5, 5.41) is 0. The summed E-state index contributed by atoms with van der Waals surface area (Å²) in [6.45, 7) is 4.59. The van der Waals surface area contributed by atoms with Crippen LogP contribution in [0, 0.1) is 6.92 Å². The molecule has 0 spiro atoms. The molecule has 8 nitrogen and oxygen atoms in total. The molecule has 3 saturated heterocycles. The van der Waals surface area contributed by atoms with Gasteiger partial charge in [-0.15, -0.1) is 0 Å². The van der Waals surface area contributed by atoms with Gasteiger partial charge in [0.15, 0.2) is 0 Å². The highest BCUT2D eigenvalue weighted by Gasteiger charge is 2.44. The van der Waals surface area contributed by atoms with E-state index >= 15 is 0 Å². The predicted octanol–water partition coefficient (Wildman–Crippen LogP) is 5.27. The second-order valence-electron chi connectivity index (χ2n) is 12.8. The van der Waals surface area contributed by atoms with Crippen LogP contribution < -0.4 is 5.73 Å². The standard InChI is InChI=1S/C35H40N6O2/c1-24-38-31-9-5-6-10-32(31)41(24)30-20-28-11-12-29(21-30)40(28)18-15-35(27-7-3-2-4-8-27)13-16-39(17-14-35)34(43)26-19-25(33(36)42)22-37-23-26/h2-10,19,22-23,28-30H,11-18,20-21H2,1H3,(H2,36,42)/t28-,29+,30?. The van der Waals surface area contributed by atoms with Crippen LogP contribution in [-0.4, -0.2) is 67.9 Å². The lowest BCUT2D eigenvalue weighted by molar-refractivity contribution is 0.0606. The first-order valence-corrected chi connectivity index (χ1v) is 15.7. The molecule has 7 rings (SSSR count). The zero-order valence-corrected chi connectivity index (χ0v) is 24.9. The minimum absolute atomic E-state index is 0.0266. The fourth-order valence-corrected chi connectivity index (χ4v) is 8.28. The number of piperidine rings is 2. The molecule has 3 fully saturated rings. The Morgan fingerprint density at radius 2 is 1.58 bits per heavy atom. The first-order chi connectivity index (χ1) is 20.9. The number of rotatable bonds is 7. The van der Waals surface area contributed by atoms with Crippen LogP contribution in [0.5, 0.6) is 0 Å². The molecule has 2 bridgehead atoms. The van der Waals surface area contributed by atoms with Gasteiger partial charge in [0.2, 0.25) is 5.91 Å². The number of benzene rings is 2. The third-order valence-electron chi connectivity index (χ3n) is 10.5. The molecule has 3 aliphatic heterocycles. The summed E-state index contributed by atoms with van der Waals surface area (Å²) in [6.07, 6.45) is 10.7. The van der Waals surface area contributed by atoms with E-state index in [9.17, 15) is 9.59 Å². The van der Waals surface area contributed by atoms with Crippen molar-refractivity contribution in [2.75, 3.05) is 19.6 Å². The largest absolute Gasteiger partial charge is 0.366 e. The Labute approximate surface area is 252 Å². The Bertz CT molecular complexity index is 1630. The molecule has 8 heteroatoms. The van der Waals surface area contributed by atoms with Crippen LogP contribution in [0.25, 0.3) is 11.0 Å². The van der Waals surface area contributed by atoms with Gasteiger partial charge in [0.05, 0.1) is 22.2 Å². The van der Waals surface area contributed by atoms with Crippen LogP contribution in [0.2, 0.25) is 0 Å². The fraction of sp³-hybridized carbons (Fsp3) is 0.429. The van der Waals surface area contributed by atoms with E-state index in [0.29, 0.717) is 36.8 Å². The van der Waals surface area contributed by atoms with Gasteiger partial charge in [-0.05, 0) is 87.6 Å². The summed E-state index contributed by atoms with van der Waals surface area (Å²) in [7, 11) is 0. The fourth-order valence-electron chi connectivity index (χ4n) is 8.28. The van der Waals surface area contributed by atoms with Crippen LogP contribution in [0.3, 0.4) is 0 Å². The van der Waals surface area contributed by atoms with E-state index in [0.717, 1.165) is 37.1 Å². The van der Waals surface area contributed by atoms with Gasteiger partial charge in [-0.2, -0.15) is 0 Å². The SMILES string of the molecule is Cc1nc2ccccc2n1C1C[C@H]2CC[C@@H](C1)N2CCC1(c2ccccc2)CCN(C(=O)c2cncc(C(N)=O)c2)CC1. The number of nitrogens with two attached hydrogens (primary N) is 1. The topological polar surface area (TPSA) is 97.3 Å². The summed E-state index contributed by atoms with van der Waals surface area (Å²) < 4.78 is 2.50. The van der Waals surface area contributed by atoms with Crippen molar-refractivity contribution in [2.45, 2.75) is 75.4 Å². The van der Waals surface area contributed by atoms with Crippen molar-refractivity contribution < 1.29 is 9.59 Å². The lowest BCUT2D eigenvalue weighted by atomic mass is 9.70. The molecule has 4 aromatic rings. The van der Waals surface area contributed by atoms with Crippen molar-refractivity contribution in [3.63, 3.8) is 0 Å². The molecular weight excluding hydrogens is 536 g/mol. The molecule has 3 atom stereocenters. The van der Waals surface area contributed by atoms with E-state index in [4.69, 9.17) is 10.7 Å². The second-order valence-corrected chi connectivity index (χ2v) is 12.8. The highest BCUT2D eigenvalue weighted by molar-refractivity contribution is 5.98. The molecule has 0 aliphatic carbocycles. The van der Waals surface area contributed by atoms with Crippen molar-refractivity contribution in [2.24, 2.45) is 5.73 Å². The van der Waals surface area contributed by atoms with Gasteiger partial charge in [0.1, 0.15) is 5.82 Å². The minimum Gasteiger partial charge on any atom is -0.366 e. The minimum atomic E-state index is -0.574. The average Bonchev–Trinajstić information content (AvgIpc) is 3.50. The van der Waals surface area contributed by atoms with Gasteiger partial charge in [-0.1, -0.05) is 42.5 Å². The number of hydrogen-bond donors (Lipinski definition) is 1. The van der Waals surface area contributed by atoms with Gasteiger partial charge in [0.25, 0.3) is 5.91 Å². The first-order valence-electron chi connectivity index (χ1n) is 15.7. The number of aryl methyl sites for hydroxylation is 1. The molecule has 0 saturated carbocycles. The molecule has 3 aliphatic rings. The number of para-hydroxylation sites is 2. The number of nitrogens with zero attached hydrogens (tertiary/aromatic N) is 5. The number of carbonyl (C=O) groups excluding carboxylic acids is 2. The van der Waals surface area contributed by atoms with E-state index in [-0.39, 0.29) is 16.9 Å². The van der Waals surface area contributed by atoms with Gasteiger partial charge < -0.3 is 15.2 Å². The predicted molar refractivity (Wildman–Crippen MR) is 167 cm³/mol. The van der Waals surface area contributed by atoms with Gasteiger partial charge >= 0.3 is 0 Å². The Balaban J connectivity index is 1.06. The zero-order chi connectivity index (χ0) is 29.6. The Morgan fingerprint density at radius 3 is 2.30 bits per heavy atom. The van der Waals surface area contributed by atoms with Crippen LogP contribution in [0.1, 0.15) is 83.1 Å². The number of pyridine rings is 1. The molecule has 43 heavy (non-hydrogen) atoms. The summed E-state index contributed by atoms with van der Waals surface area (Å²) >= 11 is 0. The van der Waals surface area contributed by atoms with Gasteiger partial charge in [-0.3, -0.25) is 19.5 Å². The number of hydrogen-bond acceptors (Lipinski definition) is 5. The summed E-state index contributed by atoms with van der Waals surface area (Å²) in [4.78, 5) is 38.7. The summed E-state index contributed by atoms with van der Waals surface area (Å²) in [5.41, 5.74) is 9.87. The lowest BCUT2D eigenvalue weighted by Gasteiger charge is -2.45. The highest BCUT2D eigenvalue weighted by Crippen LogP contribution is 2.45. The second kappa shape index (κ2) is 11.2. The van der Waals surface area contributed by atoms with E-state index in [1.807, 2.05) is 4.90 Å². The van der Waals surface area contributed by atoms with Crippen LogP contribution in [0.4, 0.5) is 0 Å². The van der Waals surface area contributed by atoms with Crippen molar-refractivity contribution >= 4 is 22.8 Å². The number of aromatic nitrogens is 3. The Morgan fingerprint density at radius 1 is 0.907 bits per heavy atom. The molecule has 222 valence electrons. The number of primary amides is 1. The molecular formula is C35H40N6O2. The van der Waals surface area contributed by atoms with Crippen LogP contribution >= 0.6 is 0 Å². The maximum atomic E-state index is 13.4. The smallest absolute Gasteiger partial charge is 0.255 e. The lowest BCUT2D eigenvalue weighted by Crippen LogP contribution is -2.49. The normalized spacial score (nSPS) is 23.5. The molecule has 2 aromatic heterocycles. The number of likely N-dealkylation sites (tertiary alicyclic amines) is 1. The third kappa shape index (κ3) is 5.12. The van der Waals surface area contributed by atoms with E-state index < -0.39 is 5.91 Å². The number of fused-ring (bicyclic) bond motifs is 3. The third-order valence-corrected chi connectivity index (χ3v) is 10.5. The molecule has 2 amide bonds. The molecule has 5 heterocycles. The zero-order valence-electron chi connectivity index (χ0n) is 24.9. The highest BCUT2D eigenvalue weighted by atomic mass is 16.2. The van der Waals surface area contributed by atoms with Crippen molar-refractivity contribution in [1.29, 1.82) is 0 Å². The van der Waals surface area contributed by atoms with Crippen molar-refractivity contribution in [3.05, 3.63) is 95.6 Å². The van der Waals surface area contributed by atoms with E-state index in [2.05, 4.69) is 76.0 Å². The maximum absolute atomic E-state index is 13.4. The van der Waals surface area contributed by atoms with E-state index in [1.54, 1.807) is 6.07 Å². The number of imidazole rings is 1. The monoisotopic (exact) mass is 576 g/mol. The Kier molecular flexibility index (Phi) is 7.25. The quantitative estimate of drug-likeness (QED) is 0.323. The number of amides is 2. The van der Waals surface area contributed by atoms with Crippen LogP contribution in [0.15, 0.2) is 73.1 Å². The van der Waals surface area contributed by atoms with Gasteiger partial charge in [0, 0.05) is 43.6 Å². The summed E-state index contributed by atoms with van der Waals surface area (Å²) in [6, 6.07) is 22.7. The van der Waals surface area contributed by atoms with E-state index in [1.165, 1.54) is 49.2 Å². The average molecular weight is 577 g/mol. The maximum Gasteiger partial charge on any atom is 0.255 e. The Hall–Kier alpha value is -4.04. The molecule has 2 aromatic carbocycles. The van der Waals surface area contributed by atoms with Gasteiger partial charge in [-0.25, -0.2) is 4.98 Å². The van der Waals surface area contributed by atoms with Crippen molar-refractivity contribution in [1.82, 2.24) is 24.3 Å². The molecule has 0 radical (unpaired) electrons. The summed E-state index contributed by atoms with van der Waals surface area (Å²) in [5.74, 6) is 0.468.